The quantitative estimate of drug-likeness (QED) is 0.577. The fraction of sp³-hybridized carbons (Fsp3) is 0.312. The summed E-state index contributed by atoms with van der Waals surface area (Å²) in [7, 11) is 3.80. The van der Waals surface area contributed by atoms with Crippen LogP contribution in [0.5, 0.6) is 0 Å². The second kappa shape index (κ2) is 6.20. The molecule has 0 aliphatic rings. The Kier molecular flexibility index (Phi) is 4.90. The predicted octanol–water partition coefficient (Wildman–Crippen LogP) is 3.90. The summed E-state index contributed by atoms with van der Waals surface area (Å²) < 4.78 is 0. The highest BCUT2D eigenvalue weighted by Gasteiger charge is 2.07. The number of likely N-dealkylation sites (N-methyl/N-ethyl adjacent to an activating group) is 1. The SMILES string of the molecule is C=C(/C(C)=C/C=N\C)N(C)c1ccc(C)c(C)c1. The first-order valence-electron chi connectivity index (χ1n) is 6.06. The Labute approximate surface area is 110 Å². The van der Waals surface area contributed by atoms with Crippen molar-refractivity contribution in [2.24, 2.45) is 4.99 Å². The molecule has 0 heterocycles. The van der Waals surface area contributed by atoms with E-state index >= 15 is 0 Å². The van der Waals surface area contributed by atoms with Crippen LogP contribution in [0.4, 0.5) is 5.69 Å². The zero-order valence-corrected chi connectivity index (χ0v) is 12.0. The highest BCUT2D eigenvalue weighted by atomic mass is 15.1. The normalized spacial score (nSPS) is 11.9. The summed E-state index contributed by atoms with van der Waals surface area (Å²) >= 11 is 0. The molecule has 0 spiro atoms. The summed E-state index contributed by atoms with van der Waals surface area (Å²) in [5, 5.41) is 0. The molecule has 18 heavy (non-hydrogen) atoms. The zero-order chi connectivity index (χ0) is 13.7. The first-order chi connectivity index (χ1) is 8.47. The van der Waals surface area contributed by atoms with Crippen LogP contribution in [0.3, 0.4) is 0 Å². The van der Waals surface area contributed by atoms with Gasteiger partial charge in [-0.25, -0.2) is 0 Å². The Balaban J connectivity index is 2.96. The third-order valence-electron chi connectivity index (χ3n) is 3.21. The monoisotopic (exact) mass is 242 g/mol. The van der Waals surface area contributed by atoms with Crippen molar-refractivity contribution >= 4 is 11.9 Å². The molecule has 0 saturated heterocycles. The topological polar surface area (TPSA) is 15.6 Å². The molecular weight excluding hydrogens is 220 g/mol. The molecule has 0 unspecified atom stereocenters. The summed E-state index contributed by atoms with van der Waals surface area (Å²) in [6.07, 6.45) is 3.76. The van der Waals surface area contributed by atoms with Crippen LogP contribution in [-0.4, -0.2) is 20.3 Å². The van der Waals surface area contributed by atoms with Gasteiger partial charge in [-0.1, -0.05) is 12.6 Å². The van der Waals surface area contributed by atoms with Crippen molar-refractivity contribution in [1.29, 1.82) is 0 Å². The van der Waals surface area contributed by atoms with E-state index < -0.39 is 0 Å². The first-order valence-corrected chi connectivity index (χ1v) is 6.06. The molecule has 0 fully saturated rings. The van der Waals surface area contributed by atoms with E-state index in [-0.39, 0.29) is 0 Å². The van der Waals surface area contributed by atoms with Gasteiger partial charge in [0, 0.05) is 31.7 Å². The molecule has 0 amide bonds. The minimum absolute atomic E-state index is 0.984. The Morgan fingerprint density at radius 3 is 2.50 bits per heavy atom. The van der Waals surface area contributed by atoms with E-state index in [1.807, 2.05) is 20.0 Å². The largest absolute Gasteiger partial charge is 0.345 e. The summed E-state index contributed by atoms with van der Waals surface area (Å²) in [6, 6.07) is 6.44. The zero-order valence-electron chi connectivity index (χ0n) is 12.0. The van der Waals surface area contributed by atoms with Gasteiger partial charge < -0.3 is 4.90 Å². The lowest BCUT2D eigenvalue weighted by Crippen LogP contribution is -2.16. The maximum atomic E-state index is 4.13. The van der Waals surface area contributed by atoms with E-state index in [0.29, 0.717) is 0 Å². The van der Waals surface area contributed by atoms with Gasteiger partial charge >= 0.3 is 0 Å². The molecular formula is C16H22N2. The van der Waals surface area contributed by atoms with Gasteiger partial charge in [0.15, 0.2) is 0 Å². The van der Waals surface area contributed by atoms with Crippen LogP contribution in [0.1, 0.15) is 18.1 Å². The van der Waals surface area contributed by atoms with Crippen LogP contribution in [0.25, 0.3) is 0 Å². The second-order valence-electron chi connectivity index (χ2n) is 4.53. The van der Waals surface area contributed by atoms with E-state index in [1.54, 1.807) is 13.3 Å². The van der Waals surface area contributed by atoms with Gasteiger partial charge in [0.1, 0.15) is 0 Å². The number of nitrogens with zero attached hydrogens (tertiary/aromatic N) is 2. The summed E-state index contributed by atoms with van der Waals surface area (Å²) in [6.45, 7) is 10.4. The molecule has 0 N–H and O–H groups in total. The maximum absolute atomic E-state index is 4.13. The molecule has 0 radical (unpaired) electrons. The van der Waals surface area contributed by atoms with Crippen molar-refractivity contribution in [2.45, 2.75) is 20.8 Å². The number of anilines is 1. The van der Waals surface area contributed by atoms with Crippen molar-refractivity contribution < 1.29 is 0 Å². The van der Waals surface area contributed by atoms with E-state index in [0.717, 1.165) is 17.0 Å². The Morgan fingerprint density at radius 2 is 1.94 bits per heavy atom. The van der Waals surface area contributed by atoms with Gasteiger partial charge in [-0.3, -0.25) is 4.99 Å². The Bertz CT molecular complexity index is 496. The fourth-order valence-electron chi connectivity index (χ4n) is 1.64. The van der Waals surface area contributed by atoms with Gasteiger partial charge in [-0.2, -0.15) is 0 Å². The summed E-state index contributed by atoms with van der Waals surface area (Å²) in [5.41, 5.74) is 5.86. The maximum Gasteiger partial charge on any atom is 0.0410 e. The smallest absolute Gasteiger partial charge is 0.0410 e. The van der Waals surface area contributed by atoms with Gasteiger partial charge in [0.25, 0.3) is 0 Å². The molecule has 0 aromatic heterocycles. The number of hydrogen-bond donors (Lipinski definition) is 0. The summed E-state index contributed by atoms with van der Waals surface area (Å²) in [5.74, 6) is 0. The third kappa shape index (κ3) is 3.33. The molecule has 0 atom stereocenters. The van der Waals surface area contributed by atoms with Crippen molar-refractivity contribution in [1.82, 2.24) is 0 Å². The highest BCUT2D eigenvalue weighted by Crippen LogP contribution is 2.23. The molecule has 0 bridgehead atoms. The molecule has 1 rings (SSSR count). The van der Waals surface area contributed by atoms with Crippen molar-refractivity contribution in [3.8, 4) is 0 Å². The lowest BCUT2D eigenvalue weighted by Gasteiger charge is -2.23. The number of rotatable bonds is 4. The molecule has 0 aliphatic carbocycles. The van der Waals surface area contributed by atoms with Gasteiger partial charge in [-0.15, -0.1) is 0 Å². The van der Waals surface area contributed by atoms with Crippen LogP contribution in [0.15, 0.2) is 47.1 Å². The molecule has 2 nitrogen and oxygen atoms in total. The van der Waals surface area contributed by atoms with Crippen LogP contribution in [0, 0.1) is 13.8 Å². The van der Waals surface area contributed by atoms with Crippen molar-refractivity contribution in [3.63, 3.8) is 0 Å². The summed E-state index contributed by atoms with van der Waals surface area (Å²) in [4.78, 5) is 6.05. The standard InChI is InChI=1S/C16H22N2/c1-12-7-8-16(11-14(12)3)18(6)15(4)13(2)9-10-17-5/h7-11H,4H2,1-3,5-6H3/b13-9+,17-10-. The van der Waals surface area contributed by atoms with Gasteiger partial charge in [0.2, 0.25) is 0 Å². The van der Waals surface area contributed by atoms with E-state index in [9.17, 15) is 0 Å². The van der Waals surface area contributed by atoms with Crippen LogP contribution < -0.4 is 4.90 Å². The first kappa shape index (κ1) is 14.2. The number of allylic oxidation sites excluding steroid dienone is 2. The Hall–Kier alpha value is -1.83. The molecule has 96 valence electrons. The second-order valence-corrected chi connectivity index (χ2v) is 4.53. The van der Waals surface area contributed by atoms with E-state index in [4.69, 9.17) is 0 Å². The van der Waals surface area contributed by atoms with E-state index in [2.05, 4.69) is 48.5 Å². The number of aliphatic imine (C=N–C) groups is 1. The predicted molar refractivity (Wildman–Crippen MR) is 81.6 cm³/mol. The van der Waals surface area contributed by atoms with Crippen LogP contribution in [-0.2, 0) is 0 Å². The van der Waals surface area contributed by atoms with Crippen molar-refractivity contribution in [3.05, 3.63) is 53.3 Å². The molecule has 0 saturated carbocycles. The molecule has 1 aromatic carbocycles. The lowest BCUT2D eigenvalue weighted by molar-refractivity contribution is 1.10. The average molecular weight is 242 g/mol. The fourth-order valence-corrected chi connectivity index (χ4v) is 1.64. The lowest BCUT2D eigenvalue weighted by atomic mass is 10.1. The molecule has 2 heteroatoms. The number of hydrogen-bond acceptors (Lipinski definition) is 2. The average Bonchev–Trinajstić information content (AvgIpc) is 2.37. The van der Waals surface area contributed by atoms with Crippen LogP contribution in [0.2, 0.25) is 0 Å². The highest BCUT2D eigenvalue weighted by molar-refractivity contribution is 5.74. The van der Waals surface area contributed by atoms with Gasteiger partial charge in [-0.05, 0) is 55.7 Å². The van der Waals surface area contributed by atoms with Crippen molar-refractivity contribution in [2.75, 3.05) is 19.0 Å². The van der Waals surface area contributed by atoms with Crippen LogP contribution >= 0.6 is 0 Å². The molecule has 0 aliphatic heterocycles. The minimum atomic E-state index is 0.984. The number of aryl methyl sites for hydroxylation is 2. The third-order valence-corrected chi connectivity index (χ3v) is 3.21. The molecule has 1 aromatic rings. The minimum Gasteiger partial charge on any atom is -0.345 e. The number of benzene rings is 1. The Morgan fingerprint density at radius 1 is 1.28 bits per heavy atom. The van der Waals surface area contributed by atoms with E-state index in [1.165, 1.54) is 11.1 Å². The van der Waals surface area contributed by atoms with Gasteiger partial charge in [0.05, 0.1) is 0 Å².